The third-order valence-corrected chi connectivity index (χ3v) is 3.69. The number of hydrogen-bond acceptors (Lipinski definition) is 6. The molecule has 0 unspecified atom stereocenters. The molecular weight excluding hydrogens is 244 g/mol. The number of anilines is 1. The van der Waals surface area contributed by atoms with Crippen LogP contribution in [0.4, 0.5) is 5.95 Å². The SMILES string of the molecule is COC(=O)c1nc(N2CCCCC2)nc2c1CNC2. The highest BCUT2D eigenvalue weighted by Crippen LogP contribution is 2.23. The van der Waals surface area contributed by atoms with Crippen LogP contribution in [0.5, 0.6) is 0 Å². The summed E-state index contributed by atoms with van der Waals surface area (Å²) in [6.07, 6.45) is 3.57. The van der Waals surface area contributed by atoms with Crippen LogP contribution in [0.2, 0.25) is 0 Å². The summed E-state index contributed by atoms with van der Waals surface area (Å²) in [5.74, 6) is 0.295. The summed E-state index contributed by atoms with van der Waals surface area (Å²) >= 11 is 0. The van der Waals surface area contributed by atoms with Gasteiger partial charge in [-0.1, -0.05) is 0 Å². The van der Waals surface area contributed by atoms with Crippen LogP contribution in [0.15, 0.2) is 0 Å². The highest BCUT2D eigenvalue weighted by Gasteiger charge is 2.25. The number of piperidine rings is 1. The van der Waals surface area contributed by atoms with Gasteiger partial charge in [0.05, 0.1) is 12.8 Å². The largest absolute Gasteiger partial charge is 0.464 e. The predicted octanol–water partition coefficient (Wildman–Crippen LogP) is 0.857. The number of hydrogen-bond donors (Lipinski definition) is 1. The molecule has 6 heteroatoms. The third kappa shape index (κ3) is 2.28. The molecular formula is C13H18N4O2. The predicted molar refractivity (Wildman–Crippen MR) is 70.0 cm³/mol. The molecule has 0 atom stereocenters. The minimum absolute atomic E-state index is 0.374. The molecule has 1 N–H and O–H groups in total. The van der Waals surface area contributed by atoms with Gasteiger partial charge in [0.2, 0.25) is 5.95 Å². The Labute approximate surface area is 112 Å². The Balaban J connectivity index is 1.99. The lowest BCUT2D eigenvalue weighted by Gasteiger charge is -2.27. The number of methoxy groups -OCH3 is 1. The summed E-state index contributed by atoms with van der Waals surface area (Å²) in [5.41, 5.74) is 2.22. The average Bonchev–Trinajstić information content (AvgIpc) is 2.94. The number of carbonyl (C=O) groups is 1. The first-order valence-electron chi connectivity index (χ1n) is 6.73. The van der Waals surface area contributed by atoms with Gasteiger partial charge >= 0.3 is 5.97 Å². The molecule has 2 aliphatic heterocycles. The second kappa shape index (κ2) is 5.13. The van der Waals surface area contributed by atoms with Gasteiger partial charge in [0.25, 0.3) is 0 Å². The highest BCUT2D eigenvalue weighted by atomic mass is 16.5. The van der Waals surface area contributed by atoms with Crippen molar-refractivity contribution < 1.29 is 9.53 Å². The van der Waals surface area contributed by atoms with Gasteiger partial charge in [-0.25, -0.2) is 14.8 Å². The van der Waals surface area contributed by atoms with E-state index in [9.17, 15) is 4.79 Å². The zero-order valence-corrected chi connectivity index (χ0v) is 11.1. The molecule has 102 valence electrons. The molecule has 1 aromatic rings. The van der Waals surface area contributed by atoms with Gasteiger partial charge in [0.15, 0.2) is 5.69 Å². The molecule has 1 saturated heterocycles. The van der Waals surface area contributed by atoms with Crippen molar-refractivity contribution in [1.29, 1.82) is 0 Å². The number of nitrogens with one attached hydrogen (secondary N) is 1. The smallest absolute Gasteiger partial charge is 0.357 e. The fraction of sp³-hybridized carbons (Fsp3) is 0.615. The first kappa shape index (κ1) is 12.3. The Bertz CT molecular complexity index is 498. The molecule has 0 aliphatic carbocycles. The lowest BCUT2D eigenvalue weighted by atomic mass is 10.1. The van der Waals surface area contributed by atoms with Gasteiger partial charge < -0.3 is 15.0 Å². The van der Waals surface area contributed by atoms with E-state index in [1.165, 1.54) is 13.5 Å². The van der Waals surface area contributed by atoms with Gasteiger partial charge in [0, 0.05) is 31.7 Å². The van der Waals surface area contributed by atoms with E-state index < -0.39 is 0 Å². The van der Waals surface area contributed by atoms with Crippen LogP contribution in [-0.2, 0) is 17.8 Å². The second-order valence-electron chi connectivity index (χ2n) is 4.94. The average molecular weight is 262 g/mol. The third-order valence-electron chi connectivity index (χ3n) is 3.69. The van der Waals surface area contributed by atoms with Gasteiger partial charge in [-0.05, 0) is 19.3 Å². The molecule has 0 aromatic carbocycles. The lowest BCUT2D eigenvalue weighted by molar-refractivity contribution is 0.0592. The van der Waals surface area contributed by atoms with Crippen molar-refractivity contribution in [3.8, 4) is 0 Å². The van der Waals surface area contributed by atoms with Crippen LogP contribution in [0.25, 0.3) is 0 Å². The van der Waals surface area contributed by atoms with E-state index in [-0.39, 0.29) is 5.97 Å². The summed E-state index contributed by atoms with van der Waals surface area (Å²) in [4.78, 5) is 23.0. The number of aromatic nitrogens is 2. The summed E-state index contributed by atoms with van der Waals surface area (Å²) in [6.45, 7) is 3.27. The molecule has 0 radical (unpaired) electrons. The molecule has 3 heterocycles. The first-order chi connectivity index (χ1) is 9.29. The quantitative estimate of drug-likeness (QED) is 0.797. The summed E-state index contributed by atoms with van der Waals surface area (Å²) in [5, 5.41) is 3.21. The molecule has 1 aromatic heterocycles. The Morgan fingerprint density at radius 3 is 2.74 bits per heavy atom. The fourth-order valence-corrected chi connectivity index (χ4v) is 2.66. The van der Waals surface area contributed by atoms with Gasteiger partial charge in [-0.3, -0.25) is 0 Å². The van der Waals surface area contributed by atoms with E-state index in [4.69, 9.17) is 4.74 Å². The molecule has 0 bridgehead atoms. The maximum atomic E-state index is 11.8. The molecule has 0 saturated carbocycles. The van der Waals surface area contributed by atoms with Crippen LogP contribution < -0.4 is 10.2 Å². The minimum Gasteiger partial charge on any atom is -0.464 e. The second-order valence-corrected chi connectivity index (χ2v) is 4.94. The molecule has 1 fully saturated rings. The van der Waals surface area contributed by atoms with Crippen molar-refractivity contribution in [3.05, 3.63) is 17.0 Å². The Morgan fingerprint density at radius 1 is 1.21 bits per heavy atom. The van der Waals surface area contributed by atoms with E-state index in [0.29, 0.717) is 24.7 Å². The van der Waals surface area contributed by atoms with Crippen molar-refractivity contribution in [1.82, 2.24) is 15.3 Å². The van der Waals surface area contributed by atoms with Crippen LogP contribution >= 0.6 is 0 Å². The van der Waals surface area contributed by atoms with Crippen LogP contribution in [0.3, 0.4) is 0 Å². The van der Waals surface area contributed by atoms with Gasteiger partial charge in [-0.2, -0.15) is 0 Å². The Morgan fingerprint density at radius 2 is 2.00 bits per heavy atom. The van der Waals surface area contributed by atoms with E-state index in [0.717, 1.165) is 37.2 Å². The fourth-order valence-electron chi connectivity index (χ4n) is 2.66. The van der Waals surface area contributed by atoms with E-state index in [1.807, 2.05) is 0 Å². The topological polar surface area (TPSA) is 67.3 Å². The zero-order chi connectivity index (χ0) is 13.2. The molecule has 0 amide bonds. The van der Waals surface area contributed by atoms with Crippen LogP contribution in [0, 0.1) is 0 Å². The van der Waals surface area contributed by atoms with Crippen LogP contribution in [-0.4, -0.2) is 36.1 Å². The van der Waals surface area contributed by atoms with Crippen molar-refractivity contribution in [3.63, 3.8) is 0 Å². The van der Waals surface area contributed by atoms with Gasteiger partial charge in [-0.15, -0.1) is 0 Å². The molecule has 6 nitrogen and oxygen atoms in total. The molecule has 2 aliphatic rings. The van der Waals surface area contributed by atoms with Crippen LogP contribution in [0.1, 0.15) is 41.0 Å². The van der Waals surface area contributed by atoms with Crippen molar-refractivity contribution in [2.75, 3.05) is 25.1 Å². The summed E-state index contributed by atoms with van der Waals surface area (Å²) < 4.78 is 4.83. The normalized spacial score (nSPS) is 18.3. The number of nitrogens with zero attached hydrogens (tertiary/aromatic N) is 3. The van der Waals surface area contributed by atoms with Crippen molar-refractivity contribution in [2.45, 2.75) is 32.4 Å². The summed E-state index contributed by atoms with van der Waals surface area (Å²) in [7, 11) is 1.39. The highest BCUT2D eigenvalue weighted by molar-refractivity contribution is 5.89. The van der Waals surface area contributed by atoms with Crippen molar-refractivity contribution in [2.24, 2.45) is 0 Å². The minimum atomic E-state index is -0.374. The Hall–Kier alpha value is -1.69. The lowest BCUT2D eigenvalue weighted by Crippen LogP contribution is -2.32. The molecule has 0 spiro atoms. The number of fused-ring (bicyclic) bond motifs is 1. The number of rotatable bonds is 2. The van der Waals surface area contributed by atoms with E-state index in [1.54, 1.807) is 0 Å². The first-order valence-corrected chi connectivity index (χ1v) is 6.73. The monoisotopic (exact) mass is 262 g/mol. The standard InChI is InChI=1S/C13H18N4O2/c1-19-12(18)11-9-7-14-8-10(9)15-13(16-11)17-5-3-2-4-6-17/h14H,2-8H2,1H3. The van der Waals surface area contributed by atoms with Gasteiger partial charge in [0.1, 0.15) is 0 Å². The summed E-state index contributed by atoms with van der Waals surface area (Å²) in [6, 6.07) is 0. The Kier molecular flexibility index (Phi) is 3.33. The molecule has 19 heavy (non-hydrogen) atoms. The zero-order valence-electron chi connectivity index (χ0n) is 11.1. The van der Waals surface area contributed by atoms with E-state index >= 15 is 0 Å². The maximum Gasteiger partial charge on any atom is 0.357 e. The van der Waals surface area contributed by atoms with E-state index in [2.05, 4.69) is 20.2 Å². The molecule has 3 rings (SSSR count). The number of esters is 1. The maximum absolute atomic E-state index is 11.8. The number of ether oxygens (including phenoxy) is 1. The number of carbonyl (C=O) groups excluding carboxylic acids is 1. The van der Waals surface area contributed by atoms with Crippen molar-refractivity contribution >= 4 is 11.9 Å².